The highest BCUT2D eigenvalue weighted by Gasteiger charge is 2.23. The van der Waals surface area contributed by atoms with Gasteiger partial charge in [-0.15, -0.1) is 0 Å². The number of carbonyl (C=O) groups is 1. The Balaban J connectivity index is 2.55. The second-order valence-electron chi connectivity index (χ2n) is 3.92. The van der Waals surface area contributed by atoms with Gasteiger partial charge >= 0.3 is 0 Å². The second-order valence-corrected chi connectivity index (χ2v) is 5.94. The maximum atomic E-state index is 11.5. The summed E-state index contributed by atoms with van der Waals surface area (Å²) >= 11 is 0. The van der Waals surface area contributed by atoms with Gasteiger partial charge in [-0.3, -0.25) is 4.79 Å². The average Bonchev–Trinajstić information content (AvgIpc) is 2.26. The molecule has 1 aliphatic rings. The van der Waals surface area contributed by atoms with Crippen LogP contribution in [0.15, 0.2) is 23.1 Å². The first kappa shape index (κ1) is 11.9. The van der Waals surface area contributed by atoms with Crippen molar-refractivity contribution in [3.8, 4) is 5.75 Å². The van der Waals surface area contributed by atoms with E-state index in [4.69, 9.17) is 4.74 Å². The highest BCUT2D eigenvalue weighted by molar-refractivity contribution is 7.90. The van der Waals surface area contributed by atoms with Gasteiger partial charge in [0.05, 0.1) is 17.1 Å². The van der Waals surface area contributed by atoms with Crippen molar-refractivity contribution in [2.24, 2.45) is 0 Å². The lowest BCUT2D eigenvalue weighted by molar-refractivity contribution is -0.116. The molecule has 1 aromatic carbocycles. The Bertz CT molecular complexity index is 565. The summed E-state index contributed by atoms with van der Waals surface area (Å²) in [5.41, 5.74) is 0.520. The monoisotopic (exact) mass is 255 g/mol. The topological polar surface area (TPSA) is 63.7 Å². The molecule has 2 rings (SSSR count). The summed E-state index contributed by atoms with van der Waals surface area (Å²) in [6.07, 6.45) is 1.14. The van der Waals surface area contributed by atoms with Crippen LogP contribution in [0.4, 0.5) is 5.69 Å². The number of hydrogen-bond acceptors (Lipinski definition) is 4. The first-order valence-corrected chi connectivity index (χ1v) is 7.04. The minimum atomic E-state index is -3.28. The van der Waals surface area contributed by atoms with Crippen LogP contribution in [0.25, 0.3) is 0 Å². The van der Waals surface area contributed by atoms with E-state index in [2.05, 4.69) is 0 Å². The molecule has 1 heterocycles. The molecule has 0 aliphatic carbocycles. The van der Waals surface area contributed by atoms with Gasteiger partial charge in [0.25, 0.3) is 0 Å². The van der Waals surface area contributed by atoms with E-state index in [0.29, 0.717) is 24.6 Å². The molecule has 6 heteroatoms. The number of ether oxygens (including phenoxy) is 1. The van der Waals surface area contributed by atoms with Gasteiger partial charge in [0, 0.05) is 13.2 Å². The van der Waals surface area contributed by atoms with Crippen molar-refractivity contribution >= 4 is 21.4 Å². The van der Waals surface area contributed by atoms with Gasteiger partial charge in [-0.2, -0.15) is 0 Å². The molecule has 5 nitrogen and oxygen atoms in total. The molecular weight excluding hydrogens is 242 g/mol. The Morgan fingerprint density at radius 3 is 2.71 bits per heavy atom. The van der Waals surface area contributed by atoms with Gasteiger partial charge in [-0.05, 0) is 18.2 Å². The first-order chi connectivity index (χ1) is 7.89. The molecule has 17 heavy (non-hydrogen) atoms. The molecule has 0 bridgehead atoms. The van der Waals surface area contributed by atoms with Crippen LogP contribution in [0, 0.1) is 0 Å². The van der Waals surface area contributed by atoms with Gasteiger partial charge in [0.1, 0.15) is 12.4 Å². The number of hydrogen-bond donors (Lipinski definition) is 0. The average molecular weight is 255 g/mol. The number of amides is 1. The number of fused-ring (bicyclic) bond motifs is 1. The van der Waals surface area contributed by atoms with Crippen molar-refractivity contribution in [3.05, 3.63) is 18.2 Å². The lowest BCUT2D eigenvalue weighted by atomic mass is 10.2. The Morgan fingerprint density at radius 2 is 2.12 bits per heavy atom. The molecule has 0 spiro atoms. The van der Waals surface area contributed by atoms with E-state index in [0.717, 1.165) is 6.26 Å². The van der Waals surface area contributed by atoms with Crippen LogP contribution in [-0.2, 0) is 14.6 Å². The third-order valence-corrected chi connectivity index (χ3v) is 3.71. The zero-order valence-electron chi connectivity index (χ0n) is 9.63. The van der Waals surface area contributed by atoms with E-state index >= 15 is 0 Å². The Kier molecular flexibility index (Phi) is 2.82. The lowest BCUT2D eigenvalue weighted by Gasteiger charge is -2.28. The van der Waals surface area contributed by atoms with Crippen LogP contribution >= 0.6 is 0 Å². The van der Waals surface area contributed by atoms with E-state index in [1.54, 1.807) is 6.07 Å². The van der Waals surface area contributed by atoms with Crippen LogP contribution in [-0.4, -0.2) is 33.7 Å². The summed E-state index contributed by atoms with van der Waals surface area (Å²) in [5, 5.41) is 0. The zero-order chi connectivity index (χ0) is 12.6. The van der Waals surface area contributed by atoms with Crippen molar-refractivity contribution < 1.29 is 17.9 Å². The molecule has 1 amide bonds. The van der Waals surface area contributed by atoms with Gasteiger partial charge in [-0.25, -0.2) is 8.42 Å². The smallest absolute Gasteiger partial charge is 0.224 e. The number of anilines is 1. The molecule has 1 aliphatic heterocycles. The molecule has 0 atom stereocenters. The fourth-order valence-corrected chi connectivity index (χ4v) is 2.40. The largest absolute Gasteiger partial charge is 0.490 e. The van der Waals surface area contributed by atoms with Crippen molar-refractivity contribution in [2.75, 3.05) is 24.3 Å². The van der Waals surface area contributed by atoms with Gasteiger partial charge in [0.15, 0.2) is 9.84 Å². The SMILES string of the molecule is CC(=O)N1CCOc2ccc(S(C)(=O)=O)cc21. The molecule has 0 radical (unpaired) electrons. The molecule has 92 valence electrons. The van der Waals surface area contributed by atoms with E-state index in [9.17, 15) is 13.2 Å². The summed E-state index contributed by atoms with van der Waals surface area (Å²) in [6, 6.07) is 4.55. The summed E-state index contributed by atoms with van der Waals surface area (Å²) in [5.74, 6) is 0.416. The van der Waals surface area contributed by atoms with Crippen LogP contribution in [0.5, 0.6) is 5.75 Å². The quantitative estimate of drug-likeness (QED) is 0.745. The Hall–Kier alpha value is -1.56. The third-order valence-electron chi connectivity index (χ3n) is 2.60. The molecule has 0 saturated heterocycles. The predicted molar refractivity (Wildman–Crippen MR) is 63.1 cm³/mol. The van der Waals surface area contributed by atoms with Crippen molar-refractivity contribution in [1.29, 1.82) is 0 Å². The fraction of sp³-hybridized carbons (Fsp3) is 0.364. The third kappa shape index (κ3) is 2.26. The Morgan fingerprint density at radius 1 is 1.41 bits per heavy atom. The molecule has 0 fully saturated rings. The standard InChI is InChI=1S/C11H13NO4S/c1-8(13)12-5-6-16-11-4-3-9(7-10(11)12)17(2,14)15/h3-4,7H,5-6H2,1-2H3. The van der Waals surface area contributed by atoms with Crippen LogP contribution in [0.3, 0.4) is 0 Å². The lowest BCUT2D eigenvalue weighted by Crippen LogP contribution is -2.36. The van der Waals surface area contributed by atoms with E-state index < -0.39 is 9.84 Å². The van der Waals surface area contributed by atoms with Crippen molar-refractivity contribution in [1.82, 2.24) is 0 Å². The summed E-state index contributed by atoms with van der Waals surface area (Å²) < 4.78 is 28.3. The summed E-state index contributed by atoms with van der Waals surface area (Å²) in [4.78, 5) is 13.2. The number of carbonyl (C=O) groups excluding carboxylic acids is 1. The highest BCUT2D eigenvalue weighted by Crippen LogP contribution is 2.33. The number of benzene rings is 1. The van der Waals surface area contributed by atoms with Gasteiger partial charge < -0.3 is 9.64 Å². The van der Waals surface area contributed by atoms with Crippen LogP contribution < -0.4 is 9.64 Å². The summed E-state index contributed by atoms with van der Waals surface area (Å²) in [7, 11) is -3.28. The minimum Gasteiger partial charge on any atom is -0.490 e. The fourth-order valence-electron chi connectivity index (χ4n) is 1.76. The summed E-state index contributed by atoms with van der Waals surface area (Å²) in [6.45, 7) is 2.31. The number of sulfone groups is 1. The maximum absolute atomic E-state index is 11.5. The molecule has 0 N–H and O–H groups in total. The zero-order valence-corrected chi connectivity index (χ0v) is 10.5. The molecule has 0 unspecified atom stereocenters. The minimum absolute atomic E-state index is 0.125. The Labute approximate surface area is 99.9 Å². The maximum Gasteiger partial charge on any atom is 0.224 e. The predicted octanol–water partition coefficient (Wildman–Crippen LogP) is 0.835. The molecule has 1 aromatic rings. The van der Waals surface area contributed by atoms with Crippen LogP contribution in [0.2, 0.25) is 0 Å². The molecule has 0 saturated carbocycles. The first-order valence-electron chi connectivity index (χ1n) is 5.14. The van der Waals surface area contributed by atoms with Gasteiger partial charge in [0.2, 0.25) is 5.91 Å². The number of nitrogens with zero attached hydrogens (tertiary/aromatic N) is 1. The van der Waals surface area contributed by atoms with E-state index in [1.165, 1.54) is 24.0 Å². The normalized spacial score (nSPS) is 15.1. The highest BCUT2D eigenvalue weighted by atomic mass is 32.2. The molecular formula is C11H13NO4S. The van der Waals surface area contributed by atoms with E-state index in [1.807, 2.05) is 0 Å². The molecule has 0 aromatic heterocycles. The van der Waals surface area contributed by atoms with Crippen LogP contribution in [0.1, 0.15) is 6.92 Å². The number of rotatable bonds is 1. The van der Waals surface area contributed by atoms with Crippen molar-refractivity contribution in [3.63, 3.8) is 0 Å². The van der Waals surface area contributed by atoms with Gasteiger partial charge in [-0.1, -0.05) is 0 Å². The second kappa shape index (κ2) is 4.03. The van der Waals surface area contributed by atoms with E-state index in [-0.39, 0.29) is 10.8 Å². The van der Waals surface area contributed by atoms with Crippen molar-refractivity contribution in [2.45, 2.75) is 11.8 Å².